The Morgan fingerprint density at radius 2 is 2.05 bits per heavy atom. The van der Waals surface area contributed by atoms with Crippen molar-refractivity contribution in [1.82, 2.24) is 4.31 Å². The van der Waals surface area contributed by atoms with Crippen molar-refractivity contribution in [3.63, 3.8) is 0 Å². The maximum absolute atomic E-state index is 12.7. The summed E-state index contributed by atoms with van der Waals surface area (Å²) < 4.78 is 26.8. The van der Waals surface area contributed by atoms with E-state index in [1.54, 1.807) is 12.1 Å². The van der Waals surface area contributed by atoms with Gasteiger partial charge in [-0.05, 0) is 37.8 Å². The van der Waals surface area contributed by atoms with E-state index in [0.717, 1.165) is 12.8 Å². The van der Waals surface area contributed by atoms with Crippen LogP contribution < -0.4 is 0 Å². The van der Waals surface area contributed by atoms with Crippen LogP contribution in [0.1, 0.15) is 30.1 Å². The Hall–Kier alpha value is -1.24. The third-order valence-electron chi connectivity index (χ3n) is 4.66. The molecule has 2 fully saturated rings. The van der Waals surface area contributed by atoms with Crippen LogP contribution in [0.25, 0.3) is 0 Å². The number of fused-ring (bicyclic) bond motifs is 1. The smallest absolute Gasteiger partial charge is 0.243 e. The molecule has 1 aliphatic heterocycles. The van der Waals surface area contributed by atoms with Gasteiger partial charge in [-0.1, -0.05) is 12.1 Å². The summed E-state index contributed by atoms with van der Waals surface area (Å²) in [6.07, 6.45) is 1.26. The number of aliphatic hydroxyl groups is 1. The van der Waals surface area contributed by atoms with Gasteiger partial charge in [0.15, 0.2) is 5.78 Å². The first-order valence-electron chi connectivity index (χ1n) is 7.19. The minimum absolute atomic E-state index is 0.0516. The topological polar surface area (TPSA) is 74.7 Å². The highest BCUT2D eigenvalue weighted by Gasteiger charge is 2.45. The Balaban J connectivity index is 1.88. The normalized spacial score (nSPS) is 29.5. The maximum atomic E-state index is 12.7. The molecule has 1 heterocycles. The number of carbonyl (C=O) groups excluding carboxylic acids is 1. The predicted molar refractivity (Wildman–Crippen MR) is 77.4 cm³/mol. The molecule has 0 spiro atoms. The van der Waals surface area contributed by atoms with E-state index >= 15 is 0 Å². The van der Waals surface area contributed by atoms with Crippen LogP contribution in [0.4, 0.5) is 0 Å². The molecular weight excluding hydrogens is 290 g/mol. The van der Waals surface area contributed by atoms with Crippen molar-refractivity contribution >= 4 is 15.8 Å². The summed E-state index contributed by atoms with van der Waals surface area (Å²) in [5.74, 6) is 0.155. The largest absolute Gasteiger partial charge is 0.393 e. The molecule has 2 aliphatic rings. The fraction of sp³-hybridized carbons (Fsp3) is 0.533. The highest BCUT2D eigenvalue weighted by molar-refractivity contribution is 7.89. The van der Waals surface area contributed by atoms with Crippen LogP contribution >= 0.6 is 0 Å². The lowest BCUT2D eigenvalue weighted by molar-refractivity contribution is 0.101. The zero-order chi connectivity index (χ0) is 15.2. The minimum Gasteiger partial charge on any atom is -0.393 e. The second kappa shape index (κ2) is 5.19. The molecule has 3 unspecified atom stereocenters. The van der Waals surface area contributed by atoms with Crippen molar-refractivity contribution in [1.29, 1.82) is 0 Å². The summed E-state index contributed by atoms with van der Waals surface area (Å²) in [4.78, 5) is 11.6. The molecule has 0 bridgehead atoms. The molecule has 1 aromatic carbocycles. The molecule has 3 atom stereocenters. The number of rotatable bonds is 3. The van der Waals surface area contributed by atoms with Crippen LogP contribution in [0.2, 0.25) is 0 Å². The van der Waals surface area contributed by atoms with E-state index in [1.165, 1.54) is 23.4 Å². The molecule has 5 nitrogen and oxygen atoms in total. The van der Waals surface area contributed by atoms with Crippen molar-refractivity contribution in [2.45, 2.75) is 30.8 Å². The first-order valence-corrected chi connectivity index (χ1v) is 8.63. The average Bonchev–Trinajstić information content (AvgIpc) is 3.02. The van der Waals surface area contributed by atoms with Gasteiger partial charge in [-0.15, -0.1) is 0 Å². The number of hydrogen-bond donors (Lipinski definition) is 1. The lowest BCUT2D eigenvalue weighted by Gasteiger charge is -2.18. The predicted octanol–water partition coefficient (Wildman–Crippen LogP) is 1.28. The number of nitrogens with zero attached hydrogens (tertiary/aromatic N) is 1. The van der Waals surface area contributed by atoms with Crippen molar-refractivity contribution in [2.75, 3.05) is 13.1 Å². The summed E-state index contributed by atoms with van der Waals surface area (Å²) in [6, 6.07) is 6.16. The van der Waals surface area contributed by atoms with Crippen LogP contribution in [0.3, 0.4) is 0 Å². The Kier molecular flexibility index (Phi) is 3.63. The number of benzene rings is 1. The third kappa shape index (κ3) is 2.52. The number of Topliss-reactive ketones (excluding diaryl/α,β-unsaturated/α-hetero) is 1. The Morgan fingerprint density at radius 1 is 1.29 bits per heavy atom. The minimum atomic E-state index is -3.59. The van der Waals surface area contributed by atoms with E-state index < -0.39 is 16.1 Å². The van der Waals surface area contributed by atoms with E-state index in [4.69, 9.17) is 0 Å². The lowest BCUT2D eigenvalue weighted by atomic mass is 10.00. The van der Waals surface area contributed by atoms with E-state index in [-0.39, 0.29) is 22.5 Å². The number of aliphatic hydroxyl groups excluding tert-OH is 1. The molecule has 1 aromatic rings. The van der Waals surface area contributed by atoms with Gasteiger partial charge in [-0.25, -0.2) is 8.42 Å². The molecule has 0 aromatic heterocycles. The van der Waals surface area contributed by atoms with Crippen molar-refractivity contribution < 1.29 is 18.3 Å². The van der Waals surface area contributed by atoms with Gasteiger partial charge in [0.1, 0.15) is 0 Å². The lowest BCUT2D eigenvalue weighted by Crippen LogP contribution is -2.31. The number of ketones is 1. The van der Waals surface area contributed by atoms with Gasteiger partial charge in [0.2, 0.25) is 10.0 Å². The molecule has 1 saturated heterocycles. The van der Waals surface area contributed by atoms with E-state index in [9.17, 15) is 18.3 Å². The summed E-state index contributed by atoms with van der Waals surface area (Å²) in [5, 5.41) is 9.90. The highest BCUT2D eigenvalue weighted by atomic mass is 32.2. The van der Waals surface area contributed by atoms with Gasteiger partial charge in [-0.2, -0.15) is 4.31 Å². The molecule has 1 aliphatic carbocycles. The Morgan fingerprint density at radius 3 is 2.71 bits per heavy atom. The number of sulfonamides is 1. The number of hydrogen-bond acceptors (Lipinski definition) is 4. The van der Waals surface area contributed by atoms with Crippen LogP contribution in [-0.2, 0) is 10.0 Å². The molecule has 1 saturated carbocycles. The quantitative estimate of drug-likeness (QED) is 0.854. The highest BCUT2D eigenvalue weighted by Crippen LogP contribution is 2.40. The van der Waals surface area contributed by atoms with Gasteiger partial charge in [0, 0.05) is 24.6 Å². The molecule has 21 heavy (non-hydrogen) atoms. The molecule has 3 rings (SSSR count). The second-order valence-corrected chi connectivity index (χ2v) is 7.91. The van der Waals surface area contributed by atoms with Crippen LogP contribution in [0.5, 0.6) is 0 Å². The van der Waals surface area contributed by atoms with Crippen LogP contribution in [0.15, 0.2) is 29.2 Å². The SMILES string of the molecule is CC(=O)c1cccc(S(=O)(=O)N2CC3CCC(O)C3C2)c1. The van der Waals surface area contributed by atoms with Crippen LogP contribution in [-0.4, -0.2) is 42.8 Å². The van der Waals surface area contributed by atoms with Crippen molar-refractivity contribution in [3.05, 3.63) is 29.8 Å². The van der Waals surface area contributed by atoms with Crippen LogP contribution in [0, 0.1) is 11.8 Å². The zero-order valence-corrected chi connectivity index (χ0v) is 12.7. The number of carbonyl (C=O) groups is 1. The Labute approximate surface area is 124 Å². The summed E-state index contributed by atoms with van der Waals surface area (Å²) in [6.45, 7) is 2.26. The molecule has 1 N–H and O–H groups in total. The fourth-order valence-corrected chi connectivity index (χ4v) is 5.00. The van der Waals surface area contributed by atoms with Crippen molar-refractivity contribution in [3.8, 4) is 0 Å². The molecule has 0 radical (unpaired) electrons. The first kappa shape index (κ1) is 14.7. The van der Waals surface area contributed by atoms with E-state index in [0.29, 0.717) is 18.7 Å². The average molecular weight is 309 g/mol. The maximum Gasteiger partial charge on any atom is 0.243 e. The van der Waals surface area contributed by atoms with E-state index in [1.807, 2.05) is 0 Å². The van der Waals surface area contributed by atoms with Gasteiger partial charge >= 0.3 is 0 Å². The third-order valence-corrected chi connectivity index (χ3v) is 6.49. The second-order valence-electron chi connectivity index (χ2n) is 5.97. The summed E-state index contributed by atoms with van der Waals surface area (Å²) in [5.41, 5.74) is 0.399. The first-order chi connectivity index (χ1) is 9.89. The fourth-order valence-electron chi connectivity index (χ4n) is 3.42. The standard InChI is InChI=1S/C15H19NO4S/c1-10(17)11-3-2-4-13(7-11)21(19,20)16-8-12-5-6-15(18)14(12)9-16/h2-4,7,12,14-15,18H,5-6,8-9H2,1H3. The van der Waals surface area contributed by atoms with Gasteiger partial charge < -0.3 is 5.11 Å². The van der Waals surface area contributed by atoms with Gasteiger partial charge in [-0.3, -0.25) is 4.79 Å². The van der Waals surface area contributed by atoms with Gasteiger partial charge in [0.05, 0.1) is 11.0 Å². The summed E-state index contributed by atoms with van der Waals surface area (Å²) in [7, 11) is -3.59. The van der Waals surface area contributed by atoms with Crippen molar-refractivity contribution in [2.24, 2.45) is 11.8 Å². The monoisotopic (exact) mass is 309 g/mol. The van der Waals surface area contributed by atoms with Gasteiger partial charge in [0.25, 0.3) is 0 Å². The molecule has 0 amide bonds. The molecule has 114 valence electrons. The zero-order valence-electron chi connectivity index (χ0n) is 11.9. The Bertz CT molecular complexity index is 670. The van der Waals surface area contributed by atoms with E-state index in [2.05, 4.69) is 0 Å². The molecule has 6 heteroatoms. The molecular formula is C15H19NO4S. The summed E-state index contributed by atoms with van der Waals surface area (Å²) >= 11 is 0.